The highest BCUT2D eigenvalue weighted by molar-refractivity contribution is 5.94. The maximum Gasteiger partial charge on any atom is 0.254 e. The van der Waals surface area contributed by atoms with Gasteiger partial charge in [-0.15, -0.1) is 0 Å². The monoisotopic (exact) mass is 417 g/mol. The van der Waals surface area contributed by atoms with Gasteiger partial charge in [-0.2, -0.15) is 5.10 Å². The van der Waals surface area contributed by atoms with Crippen LogP contribution in [0.3, 0.4) is 0 Å². The number of carbonyl (C=O) groups is 2. The lowest BCUT2D eigenvalue weighted by Crippen LogP contribution is -2.55. The molecule has 2 aliphatic heterocycles. The highest BCUT2D eigenvalue weighted by Gasteiger charge is 2.37. The summed E-state index contributed by atoms with van der Waals surface area (Å²) in [5, 5.41) is 7.34. The van der Waals surface area contributed by atoms with Crippen LogP contribution in [0.5, 0.6) is 0 Å². The van der Waals surface area contributed by atoms with E-state index in [4.69, 9.17) is 4.74 Å². The van der Waals surface area contributed by atoms with Crippen LogP contribution in [0, 0.1) is 12.8 Å². The smallest absolute Gasteiger partial charge is 0.254 e. The van der Waals surface area contributed by atoms with E-state index >= 15 is 0 Å². The first kappa shape index (κ1) is 21.3. The van der Waals surface area contributed by atoms with E-state index in [0.29, 0.717) is 30.1 Å². The fourth-order valence-corrected chi connectivity index (χ4v) is 4.91. The Kier molecular flexibility index (Phi) is 6.73. The number of ether oxygens (including phenoxy) is 1. The van der Waals surface area contributed by atoms with E-state index in [2.05, 4.69) is 20.2 Å². The van der Waals surface area contributed by atoms with Crippen molar-refractivity contribution in [1.82, 2.24) is 24.9 Å². The standard InChI is InChI=1S/C22H35N5O3/c1-16-20(15-25(2)24-16)21(28)23-9-11-27(18-7-12-30-13-8-18)19-4-3-10-26(14-19)22(29)17-5-6-17/h15,17-19H,3-14H2,1-2H3,(H,23,28). The summed E-state index contributed by atoms with van der Waals surface area (Å²) in [6, 6.07) is 0.818. The van der Waals surface area contributed by atoms with Crippen molar-refractivity contribution in [2.45, 2.75) is 57.5 Å². The van der Waals surface area contributed by atoms with Gasteiger partial charge in [0.25, 0.3) is 5.91 Å². The molecule has 3 aliphatic rings. The molecule has 1 N–H and O–H groups in total. The Morgan fingerprint density at radius 3 is 2.63 bits per heavy atom. The van der Waals surface area contributed by atoms with Crippen molar-refractivity contribution in [3.8, 4) is 0 Å². The second-order valence-corrected chi connectivity index (χ2v) is 8.99. The maximum absolute atomic E-state index is 12.6. The molecule has 1 atom stereocenters. The first-order chi connectivity index (χ1) is 14.5. The number of rotatable bonds is 7. The Balaban J connectivity index is 1.37. The number of amides is 2. The van der Waals surface area contributed by atoms with Crippen LogP contribution < -0.4 is 5.32 Å². The Morgan fingerprint density at radius 2 is 1.97 bits per heavy atom. The Hall–Kier alpha value is -1.93. The van der Waals surface area contributed by atoms with E-state index in [-0.39, 0.29) is 11.8 Å². The highest BCUT2D eigenvalue weighted by Crippen LogP contribution is 2.32. The number of carbonyl (C=O) groups excluding carboxylic acids is 2. The molecule has 0 aromatic carbocycles. The van der Waals surface area contributed by atoms with E-state index < -0.39 is 0 Å². The number of hydrogen-bond acceptors (Lipinski definition) is 5. The number of nitrogens with zero attached hydrogens (tertiary/aromatic N) is 4. The average molecular weight is 418 g/mol. The number of nitrogens with one attached hydrogen (secondary N) is 1. The van der Waals surface area contributed by atoms with Crippen LogP contribution in [-0.2, 0) is 16.6 Å². The van der Waals surface area contributed by atoms with E-state index in [1.54, 1.807) is 10.9 Å². The summed E-state index contributed by atoms with van der Waals surface area (Å²) in [4.78, 5) is 29.8. The number of piperidine rings is 1. The molecule has 30 heavy (non-hydrogen) atoms. The van der Waals surface area contributed by atoms with Crippen LogP contribution in [0.15, 0.2) is 6.20 Å². The fraction of sp³-hybridized carbons (Fsp3) is 0.773. The number of aromatic nitrogens is 2. The van der Waals surface area contributed by atoms with Crippen LogP contribution >= 0.6 is 0 Å². The van der Waals surface area contributed by atoms with Gasteiger partial charge in [-0.05, 0) is 45.4 Å². The molecule has 3 fully saturated rings. The van der Waals surface area contributed by atoms with Crippen molar-refractivity contribution in [2.75, 3.05) is 39.4 Å². The van der Waals surface area contributed by atoms with Gasteiger partial charge in [-0.3, -0.25) is 19.2 Å². The molecule has 1 aliphatic carbocycles. The topological polar surface area (TPSA) is 79.7 Å². The normalized spacial score (nSPS) is 23.0. The summed E-state index contributed by atoms with van der Waals surface area (Å²) in [6.45, 7) is 6.55. The fourth-order valence-electron chi connectivity index (χ4n) is 4.91. The molecule has 2 saturated heterocycles. The quantitative estimate of drug-likeness (QED) is 0.724. The third kappa shape index (κ3) is 5.03. The van der Waals surface area contributed by atoms with Crippen molar-refractivity contribution in [2.24, 2.45) is 13.0 Å². The molecule has 8 nitrogen and oxygen atoms in total. The first-order valence-corrected chi connectivity index (χ1v) is 11.4. The molecule has 1 aromatic rings. The zero-order valence-corrected chi connectivity index (χ0v) is 18.3. The molecule has 1 saturated carbocycles. The Morgan fingerprint density at radius 1 is 1.20 bits per heavy atom. The lowest BCUT2D eigenvalue weighted by atomic mass is 9.98. The Labute approximate surface area is 178 Å². The van der Waals surface area contributed by atoms with Crippen molar-refractivity contribution in [3.63, 3.8) is 0 Å². The second kappa shape index (κ2) is 9.47. The van der Waals surface area contributed by atoms with E-state index in [1.165, 1.54) is 0 Å². The summed E-state index contributed by atoms with van der Waals surface area (Å²) >= 11 is 0. The maximum atomic E-state index is 12.6. The SMILES string of the molecule is Cc1nn(C)cc1C(=O)NCCN(C1CCOCC1)C1CCCN(C(=O)C2CC2)C1. The lowest BCUT2D eigenvalue weighted by molar-refractivity contribution is -0.135. The van der Waals surface area contributed by atoms with Gasteiger partial charge >= 0.3 is 0 Å². The predicted molar refractivity (Wildman–Crippen MR) is 113 cm³/mol. The zero-order valence-electron chi connectivity index (χ0n) is 18.3. The molecule has 166 valence electrons. The molecule has 0 spiro atoms. The van der Waals surface area contributed by atoms with E-state index in [9.17, 15) is 9.59 Å². The molecule has 0 radical (unpaired) electrons. The number of hydrogen-bond donors (Lipinski definition) is 1. The summed E-state index contributed by atoms with van der Waals surface area (Å²) in [6.07, 6.45) is 8.09. The van der Waals surface area contributed by atoms with Gasteiger partial charge in [0.15, 0.2) is 0 Å². The summed E-state index contributed by atoms with van der Waals surface area (Å²) in [5.41, 5.74) is 1.38. The Bertz CT molecular complexity index is 754. The lowest BCUT2D eigenvalue weighted by Gasteiger charge is -2.44. The molecule has 8 heteroatoms. The average Bonchev–Trinajstić information content (AvgIpc) is 3.55. The third-order valence-electron chi connectivity index (χ3n) is 6.68. The first-order valence-electron chi connectivity index (χ1n) is 11.4. The molecule has 4 rings (SSSR count). The minimum atomic E-state index is -0.0679. The van der Waals surface area contributed by atoms with E-state index in [1.807, 2.05) is 14.0 Å². The number of likely N-dealkylation sites (tertiary alicyclic amines) is 1. The second-order valence-electron chi connectivity index (χ2n) is 8.99. The van der Waals surface area contributed by atoms with Gasteiger partial charge in [-0.1, -0.05) is 0 Å². The van der Waals surface area contributed by atoms with Crippen molar-refractivity contribution in [1.29, 1.82) is 0 Å². The third-order valence-corrected chi connectivity index (χ3v) is 6.68. The molecule has 1 aromatic heterocycles. The van der Waals surface area contributed by atoms with Gasteiger partial charge in [0, 0.05) is 70.6 Å². The zero-order chi connectivity index (χ0) is 21.1. The van der Waals surface area contributed by atoms with Crippen LogP contribution in [0.1, 0.15) is 54.6 Å². The summed E-state index contributed by atoms with van der Waals surface area (Å²) in [7, 11) is 1.83. The van der Waals surface area contributed by atoms with Gasteiger partial charge < -0.3 is 15.0 Å². The molecular weight excluding hydrogens is 382 g/mol. The molecular formula is C22H35N5O3. The number of aryl methyl sites for hydroxylation is 2. The van der Waals surface area contributed by atoms with Crippen molar-refractivity contribution >= 4 is 11.8 Å². The molecule has 3 heterocycles. The van der Waals surface area contributed by atoms with Crippen LogP contribution in [0.4, 0.5) is 0 Å². The molecule has 1 unspecified atom stereocenters. The molecule has 2 amide bonds. The van der Waals surface area contributed by atoms with Crippen molar-refractivity contribution in [3.05, 3.63) is 17.5 Å². The van der Waals surface area contributed by atoms with Crippen LogP contribution in [0.2, 0.25) is 0 Å². The molecule has 0 bridgehead atoms. The van der Waals surface area contributed by atoms with Crippen LogP contribution in [0.25, 0.3) is 0 Å². The van der Waals surface area contributed by atoms with Crippen LogP contribution in [-0.4, -0.2) is 82.9 Å². The summed E-state index contributed by atoms with van der Waals surface area (Å²) < 4.78 is 7.25. The van der Waals surface area contributed by atoms with Gasteiger partial charge in [0.05, 0.1) is 11.3 Å². The highest BCUT2D eigenvalue weighted by atomic mass is 16.5. The minimum Gasteiger partial charge on any atom is -0.381 e. The van der Waals surface area contributed by atoms with Gasteiger partial charge in [-0.25, -0.2) is 0 Å². The largest absolute Gasteiger partial charge is 0.381 e. The predicted octanol–water partition coefficient (Wildman–Crippen LogP) is 1.34. The summed E-state index contributed by atoms with van der Waals surface area (Å²) in [5.74, 6) is 0.566. The minimum absolute atomic E-state index is 0.0679. The van der Waals surface area contributed by atoms with Gasteiger partial charge in [0.2, 0.25) is 5.91 Å². The van der Waals surface area contributed by atoms with Gasteiger partial charge in [0.1, 0.15) is 0 Å². The van der Waals surface area contributed by atoms with E-state index in [0.717, 1.165) is 77.1 Å². The van der Waals surface area contributed by atoms with Crippen molar-refractivity contribution < 1.29 is 14.3 Å².